The van der Waals surface area contributed by atoms with Crippen molar-refractivity contribution in [2.75, 3.05) is 0 Å². The van der Waals surface area contributed by atoms with Crippen molar-refractivity contribution in [3.05, 3.63) is 89.5 Å². The minimum Gasteiger partial charge on any atom is -0.488 e. The van der Waals surface area contributed by atoms with Crippen LogP contribution in [0.25, 0.3) is 6.08 Å². The van der Waals surface area contributed by atoms with Crippen molar-refractivity contribution in [1.82, 2.24) is 0 Å². The molecule has 8 heteroatoms. The van der Waals surface area contributed by atoms with Gasteiger partial charge in [0.25, 0.3) is 0 Å². The highest BCUT2D eigenvalue weighted by Gasteiger charge is 2.15. The van der Waals surface area contributed by atoms with Crippen molar-refractivity contribution in [2.24, 2.45) is 0 Å². The van der Waals surface area contributed by atoms with Gasteiger partial charge in [-0.3, -0.25) is 14.4 Å². The van der Waals surface area contributed by atoms with Crippen molar-refractivity contribution in [3.8, 4) is 23.0 Å². The number of aliphatic hydroxyl groups excluding tert-OH is 1. The molecule has 0 aliphatic heterocycles. The van der Waals surface area contributed by atoms with Gasteiger partial charge in [-0.05, 0) is 29.8 Å². The second-order valence-corrected chi connectivity index (χ2v) is 7.76. The second kappa shape index (κ2) is 12.3. The predicted molar refractivity (Wildman–Crippen MR) is 132 cm³/mol. The quantitative estimate of drug-likeness (QED) is 0.337. The Balaban J connectivity index is 1.88. The summed E-state index contributed by atoms with van der Waals surface area (Å²) in [5, 5.41) is 10.9. The monoisotopic (exact) mass is 490 g/mol. The van der Waals surface area contributed by atoms with Crippen LogP contribution in [0.5, 0.6) is 23.0 Å². The maximum atomic E-state index is 11.5. The summed E-state index contributed by atoms with van der Waals surface area (Å²) in [6.07, 6.45) is 1.95. The maximum absolute atomic E-state index is 11.5. The Morgan fingerprint density at radius 3 is 1.97 bits per heavy atom. The molecule has 36 heavy (non-hydrogen) atoms. The van der Waals surface area contributed by atoms with E-state index in [-0.39, 0.29) is 23.9 Å². The fourth-order valence-corrected chi connectivity index (χ4v) is 3.27. The Bertz CT molecular complexity index is 1260. The number of carbonyl (C=O) groups is 3. The molecule has 3 aromatic carbocycles. The summed E-state index contributed by atoms with van der Waals surface area (Å²) in [6, 6.07) is 18.7. The van der Waals surface area contributed by atoms with Gasteiger partial charge < -0.3 is 24.1 Å². The van der Waals surface area contributed by atoms with Crippen molar-refractivity contribution < 1.29 is 38.4 Å². The molecule has 8 nitrogen and oxygen atoms in total. The third-order valence-electron chi connectivity index (χ3n) is 4.76. The Morgan fingerprint density at radius 1 is 0.778 bits per heavy atom. The van der Waals surface area contributed by atoms with Gasteiger partial charge >= 0.3 is 17.9 Å². The van der Waals surface area contributed by atoms with Gasteiger partial charge in [-0.2, -0.15) is 0 Å². The van der Waals surface area contributed by atoms with E-state index in [1.165, 1.54) is 39.0 Å². The highest BCUT2D eigenvalue weighted by molar-refractivity contribution is 5.74. The van der Waals surface area contributed by atoms with E-state index >= 15 is 0 Å². The summed E-state index contributed by atoms with van der Waals surface area (Å²) in [7, 11) is 0. The molecule has 1 unspecified atom stereocenters. The first kappa shape index (κ1) is 26.2. The molecule has 0 aliphatic rings. The molecule has 0 radical (unpaired) electrons. The lowest BCUT2D eigenvalue weighted by Gasteiger charge is -2.16. The van der Waals surface area contributed by atoms with Gasteiger partial charge in [0.15, 0.2) is 0 Å². The first-order valence-corrected chi connectivity index (χ1v) is 11.1. The highest BCUT2D eigenvalue weighted by atomic mass is 16.5. The van der Waals surface area contributed by atoms with Crippen LogP contribution in [-0.2, 0) is 21.0 Å². The molecule has 0 aromatic heterocycles. The van der Waals surface area contributed by atoms with Crippen LogP contribution in [0, 0.1) is 0 Å². The van der Waals surface area contributed by atoms with Crippen molar-refractivity contribution in [1.29, 1.82) is 0 Å². The molecule has 3 aromatic rings. The van der Waals surface area contributed by atoms with Gasteiger partial charge in [0, 0.05) is 44.0 Å². The molecule has 3 rings (SSSR count). The number of esters is 3. The Labute approximate surface area is 208 Å². The summed E-state index contributed by atoms with van der Waals surface area (Å²) < 4.78 is 21.4. The van der Waals surface area contributed by atoms with Crippen LogP contribution >= 0.6 is 0 Å². The molecule has 1 N–H and O–H groups in total. The minimum absolute atomic E-state index is 0.162. The van der Waals surface area contributed by atoms with E-state index in [0.29, 0.717) is 16.9 Å². The van der Waals surface area contributed by atoms with E-state index in [1.807, 2.05) is 30.3 Å². The zero-order valence-corrected chi connectivity index (χ0v) is 20.1. The number of ether oxygens (including phenoxy) is 4. The Kier molecular flexibility index (Phi) is 8.96. The lowest BCUT2D eigenvalue weighted by molar-refractivity contribution is -0.133. The lowest BCUT2D eigenvalue weighted by atomic mass is 10.1. The number of hydrogen-bond donors (Lipinski definition) is 1. The lowest BCUT2D eigenvalue weighted by Crippen LogP contribution is -2.06. The number of hydrogen-bond acceptors (Lipinski definition) is 8. The molecule has 0 fully saturated rings. The normalized spacial score (nSPS) is 11.6. The third kappa shape index (κ3) is 7.82. The zero-order valence-electron chi connectivity index (χ0n) is 20.1. The van der Waals surface area contributed by atoms with Crippen LogP contribution < -0.4 is 18.9 Å². The highest BCUT2D eigenvalue weighted by Crippen LogP contribution is 2.33. The Morgan fingerprint density at radius 2 is 1.36 bits per heavy atom. The number of benzene rings is 3. The van der Waals surface area contributed by atoms with Crippen LogP contribution in [0.4, 0.5) is 0 Å². The van der Waals surface area contributed by atoms with E-state index in [0.717, 1.165) is 5.56 Å². The molecular weight excluding hydrogens is 464 g/mol. The van der Waals surface area contributed by atoms with E-state index in [1.54, 1.807) is 30.3 Å². The topological polar surface area (TPSA) is 108 Å². The average Bonchev–Trinajstić information content (AvgIpc) is 2.81. The summed E-state index contributed by atoms with van der Waals surface area (Å²) in [4.78, 5) is 34.2. The summed E-state index contributed by atoms with van der Waals surface area (Å²) in [5.74, 6) is -0.550. The zero-order chi connectivity index (χ0) is 26.1. The molecule has 186 valence electrons. The SMILES string of the molecule is CC(=O)Oc1ccc(C=CC(O)c2ccc(OC(C)=O)cc2OCc2ccccc2)c(OC(C)=O)c1. The predicted octanol–water partition coefficient (Wildman–Crippen LogP) is 4.79. The number of carbonyl (C=O) groups excluding carboxylic acids is 3. The fourth-order valence-electron chi connectivity index (χ4n) is 3.27. The van der Waals surface area contributed by atoms with Gasteiger partial charge in [0.2, 0.25) is 0 Å². The van der Waals surface area contributed by atoms with Crippen LogP contribution in [0.3, 0.4) is 0 Å². The number of rotatable bonds is 9. The number of aliphatic hydroxyl groups is 1. The van der Waals surface area contributed by atoms with Crippen LogP contribution in [0.15, 0.2) is 72.8 Å². The molecule has 0 aliphatic carbocycles. The van der Waals surface area contributed by atoms with Crippen molar-refractivity contribution in [3.63, 3.8) is 0 Å². The molecule has 1 atom stereocenters. The smallest absolute Gasteiger partial charge is 0.308 e. The van der Waals surface area contributed by atoms with E-state index in [2.05, 4.69) is 0 Å². The first-order chi connectivity index (χ1) is 17.2. The third-order valence-corrected chi connectivity index (χ3v) is 4.76. The molecule has 0 saturated carbocycles. The van der Waals surface area contributed by atoms with Crippen molar-refractivity contribution >= 4 is 24.0 Å². The largest absolute Gasteiger partial charge is 0.488 e. The summed E-state index contributed by atoms with van der Waals surface area (Å²) >= 11 is 0. The van der Waals surface area contributed by atoms with Gasteiger partial charge in [0.1, 0.15) is 35.7 Å². The molecule has 0 spiro atoms. The molecule has 0 heterocycles. The average molecular weight is 491 g/mol. The fraction of sp³-hybridized carbons (Fsp3) is 0.179. The van der Waals surface area contributed by atoms with Crippen LogP contribution in [0.2, 0.25) is 0 Å². The van der Waals surface area contributed by atoms with Gasteiger partial charge in [-0.1, -0.05) is 42.5 Å². The molecule has 0 saturated heterocycles. The Hall–Kier alpha value is -4.43. The van der Waals surface area contributed by atoms with E-state index in [9.17, 15) is 19.5 Å². The molecule has 0 amide bonds. The maximum Gasteiger partial charge on any atom is 0.308 e. The second-order valence-electron chi connectivity index (χ2n) is 7.76. The van der Waals surface area contributed by atoms with Gasteiger partial charge in [-0.25, -0.2) is 0 Å². The molecular formula is C28H26O8. The van der Waals surface area contributed by atoms with E-state index in [4.69, 9.17) is 18.9 Å². The minimum atomic E-state index is -1.11. The standard InChI is InChI=1S/C28H26O8/c1-18(29)34-23-11-9-22(27(15-23)36-20(3)31)10-14-26(32)25-13-12-24(35-19(2)30)16-28(25)33-17-21-7-5-4-6-8-21/h4-16,26,32H,17H2,1-3H3. The van der Waals surface area contributed by atoms with Crippen molar-refractivity contribution in [2.45, 2.75) is 33.5 Å². The van der Waals surface area contributed by atoms with Gasteiger partial charge in [-0.15, -0.1) is 0 Å². The van der Waals surface area contributed by atoms with Gasteiger partial charge in [0.05, 0.1) is 0 Å². The first-order valence-electron chi connectivity index (χ1n) is 11.1. The van der Waals surface area contributed by atoms with Crippen LogP contribution in [0.1, 0.15) is 43.6 Å². The molecule has 0 bridgehead atoms. The van der Waals surface area contributed by atoms with Crippen LogP contribution in [-0.4, -0.2) is 23.0 Å². The summed E-state index contributed by atoms with van der Waals surface area (Å²) in [5.41, 5.74) is 1.83. The van der Waals surface area contributed by atoms with E-state index < -0.39 is 24.0 Å². The summed E-state index contributed by atoms with van der Waals surface area (Å²) in [6.45, 7) is 4.05.